The maximum atomic E-state index is 14.1. The second-order valence-electron chi connectivity index (χ2n) is 12.3. The summed E-state index contributed by atoms with van der Waals surface area (Å²) in [5.41, 5.74) is -0.0343. The van der Waals surface area contributed by atoms with Gasteiger partial charge in [-0.05, 0) is 58.1 Å². The minimum Gasteiger partial charge on any atom is -0.386 e. The van der Waals surface area contributed by atoms with Crippen LogP contribution in [0.15, 0.2) is 24.5 Å². The predicted molar refractivity (Wildman–Crippen MR) is 148 cm³/mol. The van der Waals surface area contributed by atoms with Gasteiger partial charge in [0, 0.05) is 50.0 Å². The van der Waals surface area contributed by atoms with Gasteiger partial charge >= 0.3 is 6.18 Å². The van der Waals surface area contributed by atoms with Gasteiger partial charge in [-0.15, -0.1) is 0 Å². The normalized spacial score (nSPS) is 22.2. The topological polar surface area (TPSA) is 126 Å². The summed E-state index contributed by atoms with van der Waals surface area (Å²) < 4.78 is 71.4. The standard InChI is InChI=1S/C29H36F5N7O3/c1-4-40-22(7-10-36-40)26(43)38-24(16-5-8-28(30,31)9-6-16)21-15-41-23(37-21)13-19(27(2,3)44)20(39-41)12-17-11-18(29(32,33)34)14-35-25(17)42/h7,10,13,15-18,24,44H,4-6,8-9,11-12,14H2,1-3H3,(H,35,42)(H,38,43)/t17?,18-,24+/m1/s1. The maximum Gasteiger partial charge on any atom is 0.393 e. The zero-order valence-corrected chi connectivity index (χ0v) is 24.7. The zero-order chi connectivity index (χ0) is 32.0. The van der Waals surface area contributed by atoms with Crippen molar-refractivity contribution in [2.24, 2.45) is 17.8 Å². The average molecular weight is 626 g/mol. The van der Waals surface area contributed by atoms with E-state index in [1.165, 1.54) is 29.2 Å². The Morgan fingerprint density at radius 1 is 1.25 bits per heavy atom. The van der Waals surface area contributed by atoms with Crippen molar-refractivity contribution in [3.63, 3.8) is 0 Å². The van der Waals surface area contributed by atoms with Gasteiger partial charge in [-0.25, -0.2) is 18.3 Å². The van der Waals surface area contributed by atoms with Gasteiger partial charge in [0.15, 0.2) is 5.65 Å². The van der Waals surface area contributed by atoms with Crippen molar-refractivity contribution in [2.45, 2.75) is 89.6 Å². The quantitative estimate of drug-likeness (QED) is 0.320. The SMILES string of the molecule is CCn1nccc1C(=O)N[C@H](c1cn2nc(CC3C[C@@H](C(F)(F)F)CNC3=O)c(C(C)(C)O)cc2n1)C1CCC(F)(F)CC1. The molecule has 0 spiro atoms. The number of aryl methyl sites for hydroxylation is 1. The molecular formula is C29H36F5N7O3. The number of fused-ring (bicyclic) bond motifs is 1. The molecule has 3 aromatic rings. The molecule has 1 saturated carbocycles. The molecule has 2 fully saturated rings. The van der Waals surface area contributed by atoms with Gasteiger partial charge in [-0.3, -0.25) is 14.3 Å². The number of hydrogen-bond acceptors (Lipinski definition) is 6. The van der Waals surface area contributed by atoms with Crippen LogP contribution in [0.3, 0.4) is 0 Å². The van der Waals surface area contributed by atoms with E-state index in [2.05, 4.69) is 25.8 Å². The fourth-order valence-corrected chi connectivity index (χ4v) is 6.19. The number of aliphatic hydroxyl groups is 1. The van der Waals surface area contributed by atoms with Crippen molar-refractivity contribution < 1.29 is 36.6 Å². The molecule has 2 aliphatic rings. The van der Waals surface area contributed by atoms with Crippen molar-refractivity contribution >= 4 is 17.5 Å². The Morgan fingerprint density at radius 2 is 1.95 bits per heavy atom. The van der Waals surface area contributed by atoms with Gasteiger partial charge < -0.3 is 15.7 Å². The van der Waals surface area contributed by atoms with E-state index in [9.17, 15) is 36.6 Å². The molecule has 0 bridgehead atoms. The van der Waals surface area contributed by atoms with Crippen molar-refractivity contribution in [3.8, 4) is 0 Å². The van der Waals surface area contributed by atoms with E-state index in [0.717, 1.165) is 0 Å². The van der Waals surface area contributed by atoms with Crippen LogP contribution in [0.4, 0.5) is 22.0 Å². The molecule has 15 heteroatoms. The molecular weight excluding hydrogens is 589 g/mol. The summed E-state index contributed by atoms with van der Waals surface area (Å²) in [6.45, 7) is 4.77. The highest BCUT2D eigenvalue weighted by Crippen LogP contribution is 2.42. The maximum absolute atomic E-state index is 14.1. The fourth-order valence-electron chi connectivity index (χ4n) is 6.19. The van der Waals surface area contributed by atoms with Crippen molar-refractivity contribution in [1.29, 1.82) is 0 Å². The molecule has 3 N–H and O–H groups in total. The highest BCUT2D eigenvalue weighted by Gasteiger charge is 2.45. The lowest BCUT2D eigenvalue weighted by Gasteiger charge is -2.33. The molecule has 240 valence electrons. The number of rotatable bonds is 8. The van der Waals surface area contributed by atoms with E-state index < -0.39 is 60.4 Å². The first-order chi connectivity index (χ1) is 20.6. The second kappa shape index (κ2) is 11.7. The van der Waals surface area contributed by atoms with Crippen LogP contribution in [0.25, 0.3) is 5.65 Å². The summed E-state index contributed by atoms with van der Waals surface area (Å²) in [5, 5.41) is 25.0. The first-order valence-electron chi connectivity index (χ1n) is 14.7. The molecule has 44 heavy (non-hydrogen) atoms. The predicted octanol–water partition coefficient (Wildman–Crippen LogP) is 4.33. The Bertz CT molecular complexity index is 1520. The molecule has 10 nitrogen and oxygen atoms in total. The van der Waals surface area contributed by atoms with Crippen LogP contribution in [0, 0.1) is 17.8 Å². The summed E-state index contributed by atoms with van der Waals surface area (Å²) in [7, 11) is 0. The highest BCUT2D eigenvalue weighted by atomic mass is 19.4. The van der Waals surface area contributed by atoms with Crippen molar-refractivity contribution in [2.75, 3.05) is 6.54 Å². The van der Waals surface area contributed by atoms with Gasteiger partial charge in [-0.2, -0.15) is 23.4 Å². The monoisotopic (exact) mass is 625 g/mol. The lowest BCUT2D eigenvalue weighted by molar-refractivity contribution is -0.183. The Morgan fingerprint density at radius 3 is 2.59 bits per heavy atom. The van der Waals surface area contributed by atoms with Crippen LogP contribution < -0.4 is 10.6 Å². The lowest BCUT2D eigenvalue weighted by atomic mass is 9.81. The molecule has 2 amide bonds. The second-order valence-corrected chi connectivity index (χ2v) is 12.3. The Kier molecular flexibility index (Phi) is 8.46. The third kappa shape index (κ3) is 6.71. The first-order valence-corrected chi connectivity index (χ1v) is 14.7. The van der Waals surface area contributed by atoms with Crippen LogP contribution in [-0.4, -0.2) is 59.9 Å². The number of hydrogen-bond donors (Lipinski definition) is 3. The van der Waals surface area contributed by atoms with Crippen LogP contribution in [0.1, 0.15) is 86.4 Å². The van der Waals surface area contributed by atoms with Gasteiger partial charge in [0.25, 0.3) is 5.91 Å². The third-order valence-corrected chi connectivity index (χ3v) is 8.66. The molecule has 1 saturated heterocycles. The number of imidazole rings is 1. The smallest absolute Gasteiger partial charge is 0.386 e. The molecule has 0 aromatic carbocycles. The molecule has 3 aromatic heterocycles. The minimum absolute atomic E-state index is 0.142. The molecule has 4 heterocycles. The number of halogens is 5. The number of nitrogens with zero attached hydrogens (tertiary/aromatic N) is 5. The van der Waals surface area contributed by atoms with Crippen LogP contribution in [0.2, 0.25) is 0 Å². The Labute approximate surface area is 250 Å². The molecule has 3 atom stereocenters. The van der Waals surface area contributed by atoms with Gasteiger partial charge in [0.05, 0.1) is 35.1 Å². The van der Waals surface area contributed by atoms with Crippen molar-refractivity contribution in [3.05, 3.63) is 47.2 Å². The van der Waals surface area contributed by atoms with Gasteiger partial charge in [-0.1, -0.05) is 0 Å². The van der Waals surface area contributed by atoms with Gasteiger partial charge in [0.2, 0.25) is 11.8 Å². The number of piperidine rings is 1. The summed E-state index contributed by atoms with van der Waals surface area (Å²) in [6, 6.07) is 2.35. The number of amides is 2. The molecule has 5 rings (SSSR count). The molecule has 1 unspecified atom stereocenters. The molecule has 1 aliphatic heterocycles. The number of nitrogens with one attached hydrogen (secondary N) is 2. The summed E-state index contributed by atoms with van der Waals surface area (Å²) >= 11 is 0. The van der Waals surface area contributed by atoms with Crippen LogP contribution in [-0.2, 0) is 23.4 Å². The Balaban J connectivity index is 1.51. The number of carbonyl (C=O) groups is 2. The van der Waals surface area contributed by atoms with E-state index in [1.807, 2.05) is 6.92 Å². The number of aromatic nitrogens is 5. The van der Waals surface area contributed by atoms with Gasteiger partial charge in [0.1, 0.15) is 5.69 Å². The summed E-state index contributed by atoms with van der Waals surface area (Å²) in [5.74, 6) is -6.85. The molecule has 1 aliphatic carbocycles. The number of carbonyl (C=O) groups excluding carboxylic acids is 2. The van der Waals surface area contributed by atoms with E-state index in [1.54, 1.807) is 18.3 Å². The Hall–Kier alpha value is -3.62. The largest absolute Gasteiger partial charge is 0.393 e. The fraction of sp³-hybridized carbons (Fsp3) is 0.621. The van der Waals surface area contributed by atoms with Crippen molar-refractivity contribution in [1.82, 2.24) is 35.0 Å². The zero-order valence-electron chi connectivity index (χ0n) is 24.7. The van der Waals surface area contributed by atoms with E-state index in [4.69, 9.17) is 0 Å². The van der Waals surface area contributed by atoms with E-state index in [0.29, 0.717) is 17.9 Å². The summed E-state index contributed by atoms with van der Waals surface area (Å²) in [4.78, 5) is 30.5. The number of alkyl halides is 5. The minimum atomic E-state index is -4.47. The highest BCUT2D eigenvalue weighted by molar-refractivity contribution is 5.92. The van der Waals surface area contributed by atoms with E-state index in [-0.39, 0.29) is 54.9 Å². The van der Waals surface area contributed by atoms with E-state index >= 15 is 0 Å². The first kappa shape index (κ1) is 31.8. The lowest BCUT2D eigenvalue weighted by Crippen LogP contribution is -2.47. The average Bonchev–Trinajstić information content (AvgIpc) is 3.58. The van der Waals surface area contributed by atoms with Crippen LogP contribution >= 0.6 is 0 Å². The third-order valence-electron chi connectivity index (χ3n) is 8.66. The van der Waals surface area contributed by atoms with Crippen LogP contribution in [0.5, 0.6) is 0 Å². The summed E-state index contributed by atoms with van der Waals surface area (Å²) in [6.07, 6.45) is -2.39. The molecule has 0 radical (unpaired) electrons.